The van der Waals surface area contributed by atoms with Crippen LogP contribution in [0.15, 0.2) is 30.3 Å². The van der Waals surface area contributed by atoms with Gasteiger partial charge in [0.2, 0.25) is 5.13 Å². The number of rotatable bonds is 6. The topological polar surface area (TPSA) is 59.3 Å². The molecule has 0 saturated carbocycles. The fourth-order valence-electron chi connectivity index (χ4n) is 4.98. The van der Waals surface area contributed by atoms with Gasteiger partial charge in [0.25, 0.3) is 0 Å². The predicted octanol–water partition coefficient (Wildman–Crippen LogP) is 5.45. The molecule has 0 atom stereocenters. The summed E-state index contributed by atoms with van der Waals surface area (Å²) in [6.07, 6.45) is 3.59. The molecule has 8 heteroatoms. The molecule has 0 N–H and O–H groups in total. The van der Waals surface area contributed by atoms with Crippen LogP contribution in [-0.2, 0) is 6.73 Å². The zero-order chi connectivity index (χ0) is 23.1. The van der Waals surface area contributed by atoms with Crippen molar-refractivity contribution >= 4 is 16.5 Å². The van der Waals surface area contributed by atoms with Crippen molar-refractivity contribution < 1.29 is 4.74 Å². The first-order chi connectivity index (χ1) is 15.1. The summed E-state index contributed by atoms with van der Waals surface area (Å²) in [6, 6.07) is 10.1. The molecule has 7 nitrogen and oxygen atoms in total. The summed E-state index contributed by atoms with van der Waals surface area (Å²) in [7, 11) is 2.11. The normalized spacial score (nSPS) is 18.0. The average molecular weight is 455 g/mol. The van der Waals surface area contributed by atoms with E-state index < -0.39 is 0 Å². The number of anilines is 1. The summed E-state index contributed by atoms with van der Waals surface area (Å²) in [5, 5.41) is 19.9. The number of hydrazine groups is 1. The van der Waals surface area contributed by atoms with E-state index in [4.69, 9.17) is 4.74 Å². The van der Waals surface area contributed by atoms with Crippen molar-refractivity contribution in [2.24, 2.45) is 0 Å². The van der Waals surface area contributed by atoms with Gasteiger partial charge >= 0.3 is 0 Å². The molecule has 0 radical (unpaired) electrons. The van der Waals surface area contributed by atoms with Crippen LogP contribution < -0.4 is 9.75 Å². The maximum Gasteiger partial charge on any atom is 0.222 e. The lowest BCUT2D eigenvalue weighted by atomic mass is 9.81. The number of aromatic nitrogens is 4. The molecule has 1 fully saturated rings. The zero-order valence-corrected chi connectivity index (χ0v) is 21.0. The Morgan fingerprint density at radius 1 is 1.03 bits per heavy atom. The highest BCUT2D eigenvalue weighted by Gasteiger charge is 2.44. The molecule has 4 rings (SSSR count). The van der Waals surface area contributed by atoms with Gasteiger partial charge in [0.1, 0.15) is 10.8 Å². The van der Waals surface area contributed by atoms with Gasteiger partial charge in [-0.15, -0.1) is 10.2 Å². The van der Waals surface area contributed by atoms with Crippen LogP contribution in [0.25, 0.3) is 10.6 Å². The van der Waals surface area contributed by atoms with E-state index in [9.17, 15) is 0 Å². The van der Waals surface area contributed by atoms with Crippen LogP contribution in [0.1, 0.15) is 58.3 Å². The number of piperidine rings is 1. The van der Waals surface area contributed by atoms with E-state index in [2.05, 4.69) is 60.1 Å². The molecule has 0 spiro atoms. The van der Waals surface area contributed by atoms with Gasteiger partial charge in [0.05, 0.1) is 5.69 Å². The number of nitrogens with zero attached hydrogens (tertiary/aromatic N) is 6. The Kier molecular flexibility index (Phi) is 6.02. The summed E-state index contributed by atoms with van der Waals surface area (Å²) in [5.74, 6) is 0.806. The van der Waals surface area contributed by atoms with Gasteiger partial charge in [0, 0.05) is 29.4 Å². The van der Waals surface area contributed by atoms with E-state index in [1.54, 1.807) is 11.3 Å². The van der Waals surface area contributed by atoms with E-state index in [0.29, 0.717) is 6.73 Å². The number of ether oxygens (including phenoxy) is 1. The van der Waals surface area contributed by atoms with Crippen LogP contribution in [-0.4, -0.2) is 43.1 Å². The van der Waals surface area contributed by atoms with Crippen LogP contribution in [0, 0.1) is 13.8 Å². The van der Waals surface area contributed by atoms with Crippen LogP contribution in [0.2, 0.25) is 0 Å². The minimum Gasteiger partial charge on any atom is -0.471 e. The minimum atomic E-state index is 0.0762. The molecule has 2 aromatic heterocycles. The third kappa shape index (κ3) is 4.52. The first kappa shape index (κ1) is 22.7. The summed E-state index contributed by atoms with van der Waals surface area (Å²) >= 11 is 1.62. The third-order valence-corrected chi connectivity index (χ3v) is 7.31. The first-order valence-electron chi connectivity index (χ1n) is 11.2. The van der Waals surface area contributed by atoms with Gasteiger partial charge in [-0.25, -0.2) is 9.69 Å². The van der Waals surface area contributed by atoms with Crippen LogP contribution in [0.5, 0.6) is 5.75 Å². The Hall–Kier alpha value is -2.45. The Balaban J connectivity index is 1.46. The van der Waals surface area contributed by atoms with E-state index in [1.165, 1.54) is 19.3 Å². The van der Waals surface area contributed by atoms with Gasteiger partial charge in [-0.3, -0.25) is 5.01 Å². The summed E-state index contributed by atoms with van der Waals surface area (Å²) < 4.78 is 7.76. The number of benzene rings is 1. The molecule has 32 heavy (non-hydrogen) atoms. The number of hydrogen-bond acceptors (Lipinski definition) is 7. The molecule has 3 heterocycles. The molecule has 0 aliphatic carbocycles. The molecule has 3 aromatic rings. The predicted molar refractivity (Wildman–Crippen MR) is 130 cm³/mol. The van der Waals surface area contributed by atoms with E-state index >= 15 is 0 Å². The lowest BCUT2D eigenvalue weighted by Crippen LogP contribution is -2.64. The molecule has 172 valence electrons. The van der Waals surface area contributed by atoms with Crippen molar-refractivity contribution in [1.82, 2.24) is 25.0 Å². The monoisotopic (exact) mass is 454 g/mol. The van der Waals surface area contributed by atoms with Gasteiger partial charge in [-0.05, 0) is 91.1 Å². The highest BCUT2D eigenvalue weighted by Crippen LogP contribution is 2.41. The SMILES string of the molecule is Cc1cc(C)n(COc2ccc(-c3nnc(N(C)N4C(C)(C)CCCC4(C)C)s3)cc2)n1. The molecule has 1 aromatic carbocycles. The highest BCUT2D eigenvalue weighted by atomic mass is 32.1. The van der Waals surface area contributed by atoms with Gasteiger partial charge < -0.3 is 4.74 Å². The minimum absolute atomic E-state index is 0.0762. The fraction of sp³-hybridized carbons (Fsp3) is 0.542. The standard InChI is InChI=1S/C24H34N6OS/c1-17-15-18(2)29(27-17)16-31-20-11-9-19(10-12-20)21-25-26-22(32-21)28(7)30-23(3,4)13-8-14-24(30,5)6/h9-12,15H,8,13-14,16H2,1-7H3. The Labute approximate surface area is 195 Å². The number of hydrogen-bond donors (Lipinski definition) is 0. The highest BCUT2D eigenvalue weighted by molar-refractivity contribution is 7.18. The smallest absolute Gasteiger partial charge is 0.222 e. The second-order valence-corrected chi connectivity index (χ2v) is 10.9. The summed E-state index contributed by atoms with van der Waals surface area (Å²) in [4.78, 5) is 0. The quantitative estimate of drug-likeness (QED) is 0.494. The molecule has 0 unspecified atom stereocenters. The van der Waals surface area contributed by atoms with E-state index in [-0.39, 0.29) is 11.1 Å². The zero-order valence-electron chi connectivity index (χ0n) is 20.2. The maximum absolute atomic E-state index is 5.90. The molecule has 1 saturated heterocycles. The summed E-state index contributed by atoms with van der Waals surface area (Å²) in [6.45, 7) is 13.7. The van der Waals surface area contributed by atoms with Gasteiger partial charge in [-0.2, -0.15) is 5.10 Å². The third-order valence-electron chi connectivity index (χ3n) is 6.27. The van der Waals surface area contributed by atoms with Crippen LogP contribution >= 0.6 is 11.3 Å². The lowest BCUT2D eigenvalue weighted by molar-refractivity contribution is -0.0326. The second-order valence-electron chi connectivity index (χ2n) is 9.93. The molecule has 1 aliphatic heterocycles. The van der Waals surface area contributed by atoms with Crippen molar-refractivity contribution in [3.05, 3.63) is 41.7 Å². The number of aryl methyl sites for hydroxylation is 2. The molecule has 0 bridgehead atoms. The molecular weight excluding hydrogens is 420 g/mol. The van der Waals surface area contributed by atoms with Gasteiger partial charge in [-0.1, -0.05) is 11.3 Å². The van der Waals surface area contributed by atoms with E-state index in [1.807, 2.05) is 48.9 Å². The summed E-state index contributed by atoms with van der Waals surface area (Å²) in [5.41, 5.74) is 3.27. The van der Waals surface area contributed by atoms with Crippen LogP contribution in [0.4, 0.5) is 5.13 Å². The maximum atomic E-state index is 5.90. The van der Waals surface area contributed by atoms with Crippen molar-refractivity contribution in [3.8, 4) is 16.3 Å². The Morgan fingerprint density at radius 2 is 1.69 bits per heavy atom. The largest absolute Gasteiger partial charge is 0.471 e. The molecular formula is C24H34N6OS. The van der Waals surface area contributed by atoms with Crippen molar-refractivity contribution in [3.63, 3.8) is 0 Å². The average Bonchev–Trinajstić information content (AvgIpc) is 3.32. The van der Waals surface area contributed by atoms with Crippen molar-refractivity contribution in [2.45, 2.75) is 78.6 Å². The Bertz CT molecular complexity index is 1050. The van der Waals surface area contributed by atoms with Crippen molar-refractivity contribution in [1.29, 1.82) is 0 Å². The Morgan fingerprint density at radius 3 is 2.28 bits per heavy atom. The lowest BCUT2D eigenvalue weighted by Gasteiger charge is -2.55. The molecule has 0 amide bonds. The molecule has 1 aliphatic rings. The van der Waals surface area contributed by atoms with Gasteiger partial charge in [0.15, 0.2) is 6.73 Å². The van der Waals surface area contributed by atoms with Crippen LogP contribution in [0.3, 0.4) is 0 Å². The van der Waals surface area contributed by atoms with Crippen molar-refractivity contribution in [2.75, 3.05) is 12.1 Å². The first-order valence-corrected chi connectivity index (χ1v) is 12.0. The second kappa shape index (κ2) is 8.48. The fourth-order valence-corrected chi connectivity index (χ4v) is 5.78. The van der Waals surface area contributed by atoms with E-state index in [0.717, 1.165) is 32.8 Å².